The van der Waals surface area contributed by atoms with Crippen molar-refractivity contribution in [2.75, 3.05) is 6.61 Å². The molecule has 0 aliphatic rings. The molecule has 0 saturated carbocycles. The maximum Gasteiger partial charge on any atom is 0.185 e. The van der Waals surface area contributed by atoms with Crippen LogP contribution in [0.25, 0.3) is 0 Å². The average Bonchev–Trinajstić information content (AvgIpc) is 2.45. The van der Waals surface area contributed by atoms with Gasteiger partial charge in [0.25, 0.3) is 0 Å². The van der Waals surface area contributed by atoms with E-state index in [0.717, 1.165) is 19.4 Å². The lowest BCUT2D eigenvalue weighted by atomic mass is 10.2. The minimum absolute atomic E-state index is 0.415. The molecule has 0 unspecified atom stereocenters. The van der Waals surface area contributed by atoms with Crippen molar-refractivity contribution in [2.24, 2.45) is 0 Å². The van der Waals surface area contributed by atoms with E-state index in [2.05, 4.69) is 37.8 Å². The zero-order valence-electron chi connectivity index (χ0n) is 13.2. The van der Waals surface area contributed by atoms with E-state index in [0.29, 0.717) is 6.61 Å². The largest absolute Gasteiger partial charge is 0.399 e. The molecule has 21 heavy (non-hydrogen) atoms. The van der Waals surface area contributed by atoms with Crippen molar-refractivity contribution in [3.63, 3.8) is 0 Å². The molecule has 0 radical (unpaired) electrons. The molecule has 1 rings (SSSR count). The number of ether oxygens (including phenoxy) is 1. The standard InChI is InChI=1S/C17H25NO2Si/c1-21(2,3)20-17(14-18)12-8-5-9-13-19-15-16-10-6-4-7-11-16/h4,6-8,10-12,17H,5,9,13,15H2,1-3H3/b12-8+/t17-/m0/s1. The molecule has 0 aliphatic heterocycles. The van der Waals surface area contributed by atoms with Crippen LogP contribution >= 0.6 is 0 Å². The maximum absolute atomic E-state index is 9.03. The van der Waals surface area contributed by atoms with E-state index in [1.807, 2.05) is 30.4 Å². The van der Waals surface area contributed by atoms with Gasteiger partial charge in [-0.3, -0.25) is 0 Å². The highest BCUT2D eigenvalue weighted by Gasteiger charge is 2.18. The average molecular weight is 303 g/mol. The quantitative estimate of drug-likeness (QED) is 0.388. The van der Waals surface area contributed by atoms with Gasteiger partial charge in [0.05, 0.1) is 12.7 Å². The van der Waals surface area contributed by atoms with Crippen LogP contribution in [0, 0.1) is 11.3 Å². The van der Waals surface area contributed by atoms with Crippen molar-refractivity contribution >= 4 is 8.32 Å². The van der Waals surface area contributed by atoms with E-state index in [1.54, 1.807) is 0 Å². The number of rotatable bonds is 9. The smallest absolute Gasteiger partial charge is 0.185 e. The maximum atomic E-state index is 9.03. The number of hydrogen-bond acceptors (Lipinski definition) is 3. The lowest BCUT2D eigenvalue weighted by molar-refractivity contribution is 0.119. The highest BCUT2D eigenvalue weighted by Crippen LogP contribution is 2.08. The summed E-state index contributed by atoms with van der Waals surface area (Å²) in [4.78, 5) is 0. The lowest BCUT2D eigenvalue weighted by Gasteiger charge is -2.19. The van der Waals surface area contributed by atoms with Crippen molar-refractivity contribution in [3.05, 3.63) is 48.0 Å². The van der Waals surface area contributed by atoms with Crippen LogP contribution in [0.5, 0.6) is 0 Å². The highest BCUT2D eigenvalue weighted by atomic mass is 28.4. The summed E-state index contributed by atoms with van der Waals surface area (Å²) < 4.78 is 11.3. The van der Waals surface area contributed by atoms with Crippen LogP contribution in [0.4, 0.5) is 0 Å². The van der Waals surface area contributed by atoms with Crippen molar-refractivity contribution in [2.45, 2.75) is 45.2 Å². The molecule has 4 heteroatoms. The second kappa shape index (κ2) is 9.51. The minimum Gasteiger partial charge on any atom is -0.399 e. The molecule has 0 aromatic heterocycles. The van der Waals surface area contributed by atoms with Crippen molar-refractivity contribution in [1.82, 2.24) is 0 Å². The molecule has 0 aliphatic carbocycles. The third kappa shape index (κ3) is 9.19. The lowest BCUT2D eigenvalue weighted by Crippen LogP contribution is -2.30. The van der Waals surface area contributed by atoms with E-state index in [-0.39, 0.29) is 0 Å². The zero-order chi connectivity index (χ0) is 15.6. The van der Waals surface area contributed by atoms with Crippen LogP contribution in [0.15, 0.2) is 42.5 Å². The molecule has 0 spiro atoms. The number of nitrogens with zero attached hydrogens (tertiary/aromatic N) is 1. The normalized spacial score (nSPS) is 13.2. The Bertz CT molecular complexity index is 460. The molecule has 0 saturated heterocycles. The summed E-state index contributed by atoms with van der Waals surface area (Å²) in [5.74, 6) is 0. The van der Waals surface area contributed by atoms with Gasteiger partial charge in [-0.1, -0.05) is 36.4 Å². The zero-order valence-corrected chi connectivity index (χ0v) is 14.2. The predicted molar refractivity (Wildman–Crippen MR) is 88.3 cm³/mol. The number of unbranched alkanes of at least 4 members (excludes halogenated alkanes) is 1. The van der Waals surface area contributed by atoms with E-state index in [9.17, 15) is 0 Å². The fourth-order valence-electron chi connectivity index (χ4n) is 1.78. The Morgan fingerprint density at radius 3 is 2.57 bits per heavy atom. The molecule has 114 valence electrons. The van der Waals surface area contributed by atoms with Gasteiger partial charge >= 0.3 is 0 Å². The van der Waals surface area contributed by atoms with Gasteiger partial charge in [-0.2, -0.15) is 5.26 Å². The summed E-state index contributed by atoms with van der Waals surface area (Å²) in [6.45, 7) is 7.64. The fraction of sp³-hybridized carbons (Fsp3) is 0.471. The van der Waals surface area contributed by atoms with Gasteiger partial charge in [0, 0.05) is 6.61 Å². The monoisotopic (exact) mass is 303 g/mol. The van der Waals surface area contributed by atoms with Crippen molar-refractivity contribution in [3.8, 4) is 6.07 Å². The molecule has 1 aromatic carbocycles. The minimum atomic E-state index is -1.66. The Kier molecular flexibility index (Phi) is 7.99. The van der Waals surface area contributed by atoms with Gasteiger partial charge in [-0.15, -0.1) is 0 Å². The summed E-state index contributed by atoms with van der Waals surface area (Å²) in [5, 5.41) is 9.03. The first-order valence-corrected chi connectivity index (χ1v) is 10.8. The van der Waals surface area contributed by atoms with Crippen LogP contribution in [-0.2, 0) is 15.8 Å². The van der Waals surface area contributed by atoms with Gasteiger partial charge in [0.1, 0.15) is 0 Å². The molecule has 0 amide bonds. The Morgan fingerprint density at radius 1 is 1.24 bits per heavy atom. The first-order chi connectivity index (χ1) is 10.0. The Hall–Kier alpha value is -1.41. The van der Waals surface area contributed by atoms with Crippen LogP contribution in [0.3, 0.4) is 0 Å². The summed E-state index contributed by atoms with van der Waals surface area (Å²) in [7, 11) is -1.66. The highest BCUT2D eigenvalue weighted by molar-refractivity contribution is 6.69. The van der Waals surface area contributed by atoms with E-state index >= 15 is 0 Å². The topological polar surface area (TPSA) is 42.2 Å². The third-order valence-electron chi connectivity index (χ3n) is 2.69. The third-order valence-corrected chi connectivity index (χ3v) is 3.65. The SMILES string of the molecule is C[Si](C)(C)O[C@H](C#N)/C=C/CCCOCc1ccccc1. The van der Waals surface area contributed by atoms with E-state index in [4.69, 9.17) is 14.4 Å². The molecular weight excluding hydrogens is 278 g/mol. The molecule has 3 nitrogen and oxygen atoms in total. The molecule has 0 N–H and O–H groups in total. The van der Waals surface area contributed by atoms with Crippen LogP contribution in [0.1, 0.15) is 18.4 Å². The molecule has 1 aromatic rings. The van der Waals surface area contributed by atoms with E-state index in [1.165, 1.54) is 5.56 Å². The summed E-state index contributed by atoms with van der Waals surface area (Å²) >= 11 is 0. The molecular formula is C17H25NO2Si. The first kappa shape index (κ1) is 17.6. The molecule has 0 fully saturated rings. The molecule has 1 atom stereocenters. The van der Waals surface area contributed by atoms with Crippen LogP contribution in [-0.4, -0.2) is 21.0 Å². The summed E-state index contributed by atoms with van der Waals surface area (Å²) in [6.07, 6.45) is 5.31. The Morgan fingerprint density at radius 2 is 1.95 bits per heavy atom. The molecule has 0 heterocycles. The van der Waals surface area contributed by atoms with Gasteiger partial charge in [0.15, 0.2) is 14.4 Å². The van der Waals surface area contributed by atoms with Crippen molar-refractivity contribution in [1.29, 1.82) is 5.26 Å². The number of nitriles is 1. The van der Waals surface area contributed by atoms with E-state index < -0.39 is 14.4 Å². The Labute approximate surface area is 129 Å². The second-order valence-corrected chi connectivity index (χ2v) is 10.3. The first-order valence-electron chi connectivity index (χ1n) is 7.37. The summed E-state index contributed by atoms with van der Waals surface area (Å²) in [5.41, 5.74) is 1.20. The van der Waals surface area contributed by atoms with Gasteiger partial charge in [0.2, 0.25) is 0 Å². The van der Waals surface area contributed by atoms with Gasteiger partial charge < -0.3 is 9.16 Å². The van der Waals surface area contributed by atoms with Crippen molar-refractivity contribution < 1.29 is 9.16 Å². The Balaban J connectivity index is 2.13. The number of benzene rings is 1. The predicted octanol–water partition coefficient (Wildman–Crippen LogP) is 4.28. The number of allylic oxidation sites excluding steroid dienone is 1. The van der Waals surface area contributed by atoms with Crippen LogP contribution in [0.2, 0.25) is 19.6 Å². The summed E-state index contributed by atoms with van der Waals surface area (Å²) in [6, 6.07) is 12.3. The molecule has 0 bridgehead atoms. The van der Waals surface area contributed by atoms with Gasteiger partial charge in [-0.25, -0.2) is 0 Å². The fourth-order valence-corrected chi connectivity index (χ4v) is 2.67. The number of hydrogen-bond donors (Lipinski definition) is 0. The second-order valence-electron chi connectivity index (χ2n) is 5.89. The van der Waals surface area contributed by atoms with Crippen LogP contribution < -0.4 is 0 Å². The van der Waals surface area contributed by atoms with Gasteiger partial charge in [-0.05, 0) is 44.1 Å².